The second-order valence-electron chi connectivity index (χ2n) is 7.37. The van der Waals surface area contributed by atoms with Gasteiger partial charge in [0.25, 0.3) is 15.9 Å². The molecule has 1 fully saturated rings. The van der Waals surface area contributed by atoms with E-state index in [0.29, 0.717) is 30.2 Å². The summed E-state index contributed by atoms with van der Waals surface area (Å²) in [5, 5.41) is 0. The predicted octanol–water partition coefficient (Wildman–Crippen LogP) is 3.05. The Labute approximate surface area is 178 Å². The van der Waals surface area contributed by atoms with Crippen LogP contribution >= 0.6 is 0 Å². The van der Waals surface area contributed by atoms with E-state index in [0.717, 1.165) is 19.6 Å². The second kappa shape index (κ2) is 9.95. The molecule has 0 radical (unpaired) electrons. The molecule has 1 saturated heterocycles. The molecule has 0 bridgehead atoms. The van der Waals surface area contributed by atoms with Crippen LogP contribution in [0.15, 0.2) is 53.4 Å². The van der Waals surface area contributed by atoms with Gasteiger partial charge in [0.2, 0.25) is 0 Å². The fourth-order valence-corrected chi connectivity index (χ4v) is 4.52. The van der Waals surface area contributed by atoms with E-state index in [9.17, 15) is 13.2 Å². The van der Waals surface area contributed by atoms with E-state index in [1.807, 2.05) is 6.92 Å². The molecule has 1 heterocycles. The summed E-state index contributed by atoms with van der Waals surface area (Å²) in [5.74, 6) is 0.484. The molecule has 0 aliphatic carbocycles. The average Bonchev–Trinajstić information content (AvgIpc) is 3.27. The van der Waals surface area contributed by atoms with Gasteiger partial charge in [-0.15, -0.1) is 0 Å². The largest absolute Gasteiger partial charge is 0.494 e. The van der Waals surface area contributed by atoms with Gasteiger partial charge >= 0.3 is 0 Å². The topological polar surface area (TPSA) is 78.9 Å². The van der Waals surface area contributed by atoms with Crippen LogP contribution in [0, 0.1) is 0 Å². The minimum atomic E-state index is -3.82. The van der Waals surface area contributed by atoms with Crippen LogP contribution in [0.5, 0.6) is 5.75 Å². The molecule has 7 nitrogen and oxygen atoms in total. The standard InChI is InChI=1S/C22H29N3O4S/c1-3-29-20-11-9-19(10-12-20)23-30(27,28)21-8-6-7-18(17-21)22(26)24(2)15-16-25-13-4-5-14-25/h6-12,17,23H,3-5,13-16H2,1-2H3. The zero-order valence-corrected chi connectivity index (χ0v) is 18.3. The maximum absolute atomic E-state index is 12.8. The van der Waals surface area contributed by atoms with Gasteiger partial charge in [0.05, 0.1) is 11.5 Å². The third-order valence-corrected chi connectivity index (χ3v) is 6.48. The minimum Gasteiger partial charge on any atom is -0.494 e. The van der Waals surface area contributed by atoms with Gasteiger partial charge in [0.1, 0.15) is 5.75 Å². The third kappa shape index (κ3) is 5.73. The summed E-state index contributed by atoms with van der Waals surface area (Å²) in [6.07, 6.45) is 2.41. The lowest BCUT2D eigenvalue weighted by atomic mass is 10.2. The number of sulfonamides is 1. The van der Waals surface area contributed by atoms with Crippen LogP contribution < -0.4 is 9.46 Å². The van der Waals surface area contributed by atoms with Gasteiger partial charge in [0.15, 0.2) is 0 Å². The molecule has 0 atom stereocenters. The molecule has 0 saturated carbocycles. The summed E-state index contributed by atoms with van der Waals surface area (Å²) in [6, 6.07) is 12.8. The van der Waals surface area contributed by atoms with Crippen LogP contribution in [-0.2, 0) is 10.0 Å². The number of benzene rings is 2. The number of likely N-dealkylation sites (N-methyl/N-ethyl adjacent to an activating group) is 1. The predicted molar refractivity (Wildman–Crippen MR) is 117 cm³/mol. The Bertz CT molecular complexity index is 955. The fraction of sp³-hybridized carbons (Fsp3) is 0.409. The summed E-state index contributed by atoms with van der Waals surface area (Å²) in [6.45, 7) is 6.02. The molecule has 30 heavy (non-hydrogen) atoms. The molecule has 0 aromatic heterocycles. The molecule has 2 aromatic carbocycles. The van der Waals surface area contributed by atoms with Crippen LogP contribution in [0.25, 0.3) is 0 Å². The lowest BCUT2D eigenvalue weighted by Gasteiger charge is -2.21. The number of nitrogens with one attached hydrogen (secondary N) is 1. The van der Waals surface area contributed by atoms with E-state index in [2.05, 4.69) is 9.62 Å². The molecule has 162 valence electrons. The Hall–Kier alpha value is -2.58. The highest BCUT2D eigenvalue weighted by atomic mass is 32.2. The number of hydrogen-bond donors (Lipinski definition) is 1. The molecule has 0 unspecified atom stereocenters. The van der Waals surface area contributed by atoms with Gasteiger partial charge in [-0.1, -0.05) is 6.07 Å². The van der Waals surface area contributed by atoms with E-state index in [1.165, 1.54) is 25.0 Å². The first-order valence-corrected chi connectivity index (χ1v) is 11.7. The number of ether oxygens (including phenoxy) is 1. The number of anilines is 1. The van der Waals surface area contributed by atoms with Crippen molar-refractivity contribution in [2.75, 3.05) is 44.6 Å². The highest BCUT2D eigenvalue weighted by Gasteiger charge is 2.19. The summed E-state index contributed by atoms with van der Waals surface area (Å²) in [7, 11) is -2.07. The molecule has 1 amide bonds. The van der Waals surface area contributed by atoms with Gasteiger partial charge < -0.3 is 14.5 Å². The quantitative estimate of drug-likeness (QED) is 0.660. The number of hydrogen-bond acceptors (Lipinski definition) is 5. The Morgan fingerprint density at radius 3 is 2.50 bits per heavy atom. The van der Waals surface area contributed by atoms with Gasteiger partial charge in [-0.05, 0) is 75.3 Å². The van der Waals surface area contributed by atoms with Gasteiger partial charge in [-0.3, -0.25) is 9.52 Å². The molecule has 1 aliphatic heterocycles. The van der Waals surface area contributed by atoms with E-state index < -0.39 is 10.0 Å². The highest BCUT2D eigenvalue weighted by Crippen LogP contribution is 2.20. The van der Waals surface area contributed by atoms with E-state index in [4.69, 9.17) is 4.74 Å². The zero-order valence-electron chi connectivity index (χ0n) is 17.5. The van der Waals surface area contributed by atoms with E-state index in [1.54, 1.807) is 48.3 Å². The van der Waals surface area contributed by atoms with Crippen molar-refractivity contribution in [3.8, 4) is 5.75 Å². The summed E-state index contributed by atoms with van der Waals surface area (Å²) < 4.78 is 33.5. The Morgan fingerprint density at radius 2 is 1.83 bits per heavy atom. The van der Waals surface area contributed by atoms with Crippen molar-refractivity contribution in [3.05, 3.63) is 54.1 Å². The highest BCUT2D eigenvalue weighted by molar-refractivity contribution is 7.92. The number of nitrogens with zero attached hydrogens (tertiary/aromatic N) is 2. The van der Waals surface area contributed by atoms with Crippen molar-refractivity contribution in [2.24, 2.45) is 0 Å². The van der Waals surface area contributed by atoms with Crippen molar-refractivity contribution in [3.63, 3.8) is 0 Å². The first kappa shape index (κ1) is 22.1. The first-order chi connectivity index (χ1) is 14.4. The van der Waals surface area contributed by atoms with Crippen molar-refractivity contribution >= 4 is 21.6 Å². The normalized spacial score (nSPS) is 14.5. The molecule has 3 rings (SSSR count). The van der Waals surface area contributed by atoms with Gasteiger partial charge in [-0.25, -0.2) is 8.42 Å². The number of amides is 1. The zero-order chi connectivity index (χ0) is 21.6. The summed E-state index contributed by atoms with van der Waals surface area (Å²) >= 11 is 0. The van der Waals surface area contributed by atoms with Gasteiger partial charge in [-0.2, -0.15) is 0 Å². The van der Waals surface area contributed by atoms with Crippen LogP contribution in [0.2, 0.25) is 0 Å². The Balaban J connectivity index is 1.67. The summed E-state index contributed by atoms with van der Waals surface area (Å²) in [5.41, 5.74) is 0.784. The lowest BCUT2D eigenvalue weighted by molar-refractivity contribution is 0.0782. The van der Waals surface area contributed by atoms with Crippen LogP contribution in [0.4, 0.5) is 5.69 Å². The smallest absolute Gasteiger partial charge is 0.261 e. The SMILES string of the molecule is CCOc1ccc(NS(=O)(=O)c2cccc(C(=O)N(C)CCN3CCCC3)c2)cc1. The Morgan fingerprint density at radius 1 is 1.13 bits per heavy atom. The van der Waals surface area contributed by atoms with E-state index >= 15 is 0 Å². The fourth-order valence-electron chi connectivity index (χ4n) is 3.42. The third-order valence-electron chi connectivity index (χ3n) is 5.11. The first-order valence-electron chi connectivity index (χ1n) is 10.2. The monoisotopic (exact) mass is 431 g/mol. The molecule has 0 spiro atoms. The van der Waals surface area contributed by atoms with E-state index in [-0.39, 0.29) is 10.8 Å². The Kier molecular flexibility index (Phi) is 7.33. The molecular weight excluding hydrogens is 402 g/mol. The van der Waals surface area contributed by atoms with Crippen LogP contribution in [0.1, 0.15) is 30.1 Å². The molecular formula is C22H29N3O4S. The number of likely N-dealkylation sites (tertiary alicyclic amines) is 1. The maximum Gasteiger partial charge on any atom is 0.261 e. The average molecular weight is 432 g/mol. The lowest BCUT2D eigenvalue weighted by Crippen LogP contribution is -2.35. The maximum atomic E-state index is 12.8. The van der Waals surface area contributed by atoms with Crippen molar-refractivity contribution in [1.29, 1.82) is 0 Å². The second-order valence-corrected chi connectivity index (χ2v) is 9.05. The molecule has 8 heteroatoms. The minimum absolute atomic E-state index is 0.0511. The number of carbonyl (C=O) groups excluding carboxylic acids is 1. The van der Waals surface area contributed by atoms with Gasteiger partial charge in [0, 0.05) is 31.4 Å². The number of rotatable bonds is 9. The van der Waals surface area contributed by atoms with Crippen molar-refractivity contribution < 1.29 is 17.9 Å². The van der Waals surface area contributed by atoms with Crippen molar-refractivity contribution in [1.82, 2.24) is 9.80 Å². The molecule has 2 aromatic rings. The summed E-state index contributed by atoms with van der Waals surface area (Å²) in [4.78, 5) is 16.8. The molecule has 1 aliphatic rings. The van der Waals surface area contributed by atoms with Crippen molar-refractivity contribution in [2.45, 2.75) is 24.7 Å². The van der Waals surface area contributed by atoms with Crippen LogP contribution in [-0.4, -0.2) is 64.0 Å². The molecule has 1 N–H and O–H groups in total. The van der Waals surface area contributed by atoms with Crippen LogP contribution in [0.3, 0.4) is 0 Å². The number of carbonyl (C=O) groups is 1.